The van der Waals surface area contributed by atoms with Crippen LogP contribution in [-0.2, 0) is 11.3 Å². The number of carboxylic acids is 1. The van der Waals surface area contributed by atoms with E-state index in [1.54, 1.807) is 26.0 Å². The number of hydrogen-bond donors (Lipinski definition) is 2. The number of aliphatic carboxylic acids is 1. The first kappa shape index (κ1) is 12.0. The summed E-state index contributed by atoms with van der Waals surface area (Å²) in [6, 6.07) is 0. The molecule has 0 aliphatic carbocycles. The molecule has 1 rings (SSSR count). The van der Waals surface area contributed by atoms with E-state index in [9.17, 15) is 9.59 Å². The molecule has 0 aliphatic heterocycles. The van der Waals surface area contributed by atoms with E-state index in [1.165, 1.54) is 4.68 Å². The number of hydrogen-bond acceptors (Lipinski definition) is 3. The van der Waals surface area contributed by atoms with E-state index < -0.39 is 11.9 Å². The van der Waals surface area contributed by atoms with E-state index in [4.69, 9.17) is 10.8 Å². The van der Waals surface area contributed by atoms with Crippen LogP contribution in [-0.4, -0.2) is 26.8 Å². The van der Waals surface area contributed by atoms with Crippen LogP contribution in [0.5, 0.6) is 0 Å². The van der Waals surface area contributed by atoms with Crippen molar-refractivity contribution in [2.75, 3.05) is 0 Å². The molecule has 6 nitrogen and oxygen atoms in total. The van der Waals surface area contributed by atoms with Gasteiger partial charge in [0.1, 0.15) is 6.54 Å². The van der Waals surface area contributed by atoms with Gasteiger partial charge < -0.3 is 10.8 Å². The predicted molar refractivity (Wildman–Crippen MR) is 57.9 cm³/mol. The fourth-order valence-corrected chi connectivity index (χ4v) is 1.51. The average molecular weight is 223 g/mol. The number of amides is 1. The van der Waals surface area contributed by atoms with E-state index in [2.05, 4.69) is 5.10 Å². The summed E-state index contributed by atoms with van der Waals surface area (Å²) in [5.41, 5.74) is 5.26. The standard InChI is InChI=1S/C10H13N3O3/c1-3-6-7(4-2)13(5-8(14)15)12-9(6)10(11)16/h3-4H,5H2,1-2H3,(H2,11,16)(H,14,15)/b6-3+,7-4+. The highest BCUT2D eigenvalue weighted by Crippen LogP contribution is 1.84. The van der Waals surface area contributed by atoms with Crippen LogP contribution in [0.4, 0.5) is 0 Å². The Morgan fingerprint density at radius 1 is 1.44 bits per heavy atom. The Kier molecular flexibility index (Phi) is 3.44. The third kappa shape index (κ3) is 2.10. The molecule has 0 radical (unpaired) electrons. The van der Waals surface area contributed by atoms with Crippen molar-refractivity contribution in [1.82, 2.24) is 9.78 Å². The first-order chi connectivity index (χ1) is 7.51. The molecular weight excluding hydrogens is 210 g/mol. The minimum absolute atomic E-state index is 0.0943. The van der Waals surface area contributed by atoms with Crippen molar-refractivity contribution in [1.29, 1.82) is 0 Å². The molecule has 1 amide bonds. The molecule has 86 valence electrons. The predicted octanol–water partition coefficient (Wildman–Crippen LogP) is -1.33. The molecule has 16 heavy (non-hydrogen) atoms. The number of primary amides is 1. The molecule has 1 heterocycles. The quantitative estimate of drug-likeness (QED) is 0.663. The largest absolute Gasteiger partial charge is 0.480 e. The molecule has 0 bridgehead atoms. The number of aromatic nitrogens is 2. The zero-order chi connectivity index (χ0) is 12.3. The summed E-state index contributed by atoms with van der Waals surface area (Å²) in [4.78, 5) is 21.7. The normalized spacial score (nSPS) is 13.1. The molecule has 0 fully saturated rings. The van der Waals surface area contributed by atoms with Crippen molar-refractivity contribution in [3.8, 4) is 0 Å². The second kappa shape index (κ2) is 4.61. The molecular formula is C10H13N3O3. The molecule has 3 N–H and O–H groups in total. The van der Waals surface area contributed by atoms with E-state index in [1.807, 2.05) is 0 Å². The van der Waals surface area contributed by atoms with Crippen molar-refractivity contribution in [2.45, 2.75) is 20.4 Å². The fourth-order valence-electron chi connectivity index (χ4n) is 1.51. The van der Waals surface area contributed by atoms with Crippen molar-refractivity contribution < 1.29 is 14.7 Å². The van der Waals surface area contributed by atoms with Gasteiger partial charge in [-0.3, -0.25) is 14.3 Å². The average Bonchev–Trinajstić information content (AvgIpc) is 2.54. The lowest BCUT2D eigenvalue weighted by molar-refractivity contribution is -0.137. The number of carbonyl (C=O) groups is 2. The summed E-state index contributed by atoms with van der Waals surface area (Å²) < 4.78 is 1.25. The van der Waals surface area contributed by atoms with Gasteiger partial charge in [-0.2, -0.15) is 5.10 Å². The maximum atomic E-state index is 11.1. The Morgan fingerprint density at radius 3 is 2.44 bits per heavy atom. The monoisotopic (exact) mass is 223 g/mol. The van der Waals surface area contributed by atoms with E-state index in [0.29, 0.717) is 10.6 Å². The van der Waals surface area contributed by atoms with Crippen LogP contribution in [0.25, 0.3) is 12.2 Å². The van der Waals surface area contributed by atoms with Gasteiger partial charge in [-0.25, -0.2) is 0 Å². The summed E-state index contributed by atoms with van der Waals surface area (Å²) in [5, 5.41) is 13.7. The van der Waals surface area contributed by atoms with E-state index >= 15 is 0 Å². The van der Waals surface area contributed by atoms with Gasteiger partial charge in [0.05, 0.1) is 5.35 Å². The van der Waals surface area contributed by atoms with Gasteiger partial charge in [-0.15, -0.1) is 0 Å². The summed E-state index contributed by atoms with van der Waals surface area (Å²) in [6.07, 6.45) is 3.37. The second-order valence-corrected chi connectivity index (χ2v) is 3.14. The van der Waals surface area contributed by atoms with Gasteiger partial charge >= 0.3 is 5.97 Å². The summed E-state index contributed by atoms with van der Waals surface area (Å²) in [6.45, 7) is 3.18. The zero-order valence-electron chi connectivity index (χ0n) is 9.10. The minimum Gasteiger partial charge on any atom is -0.480 e. The number of rotatable bonds is 3. The third-order valence-electron chi connectivity index (χ3n) is 2.11. The molecule has 0 unspecified atom stereocenters. The molecule has 0 atom stereocenters. The topological polar surface area (TPSA) is 98.2 Å². The summed E-state index contributed by atoms with van der Waals surface area (Å²) >= 11 is 0. The lowest BCUT2D eigenvalue weighted by Gasteiger charge is -1.95. The van der Waals surface area contributed by atoms with Crippen LogP contribution in [0, 0.1) is 0 Å². The van der Waals surface area contributed by atoms with Gasteiger partial charge in [0, 0.05) is 5.22 Å². The molecule has 0 aromatic carbocycles. The van der Waals surface area contributed by atoms with E-state index in [0.717, 1.165) is 0 Å². The Bertz CT molecular complexity index is 542. The highest BCUT2D eigenvalue weighted by molar-refractivity contribution is 5.91. The zero-order valence-corrected chi connectivity index (χ0v) is 9.10. The lowest BCUT2D eigenvalue weighted by Crippen LogP contribution is -2.33. The van der Waals surface area contributed by atoms with Crippen LogP contribution in [0.1, 0.15) is 24.3 Å². The maximum absolute atomic E-state index is 11.1. The second-order valence-electron chi connectivity index (χ2n) is 3.14. The Balaban J connectivity index is 3.55. The maximum Gasteiger partial charge on any atom is 0.325 e. The molecule has 0 saturated heterocycles. The van der Waals surface area contributed by atoms with Gasteiger partial charge in [-0.1, -0.05) is 12.2 Å². The van der Waals surface area contributed by atoms with Crippen molar-refractivity contribution in [3.05, 3.63) is 16.3 Å². The van der Waals surface area contributed by atoms with Crippen LogP contribution in [0.15, 0.2) is 0 Å². The van der Waals surface area contributed by atoms with Gasteiger partial charge in [0.2, 0.25) is 0 Å². The minimum atomic E-state index is -1.02. The van der Waals surface area contributed by atoms with Crippen molar-refractivity contribution in [2.24, 2.45) is 5.73 Å². The van der Waals surface area contributed by atoms with Crippen molar-refractivity contribution in [3.63, 3.8) is 0 Å². The first-order valence-corrected chi connectivity index (χ1v) is 4.72. The SMILES string of the molecule is C/C=c1/c(C(N)=O)nn(CC(=O)O)/c1=C/C. The van der Waals surface area contributed by atoms with Crippen LogP contribution < -0.4 is 16.3 Å². The Morgan fingerprint density at radius 2 is 2.06 bits per heavy atom. The first-order valence-electron chi connectivity index (χ1n) is 4.72. The van der Waals surface area contributed by atoms with E-state index in [-0.39, 0.29) is 12.2 Å². The lowest BCUT2D eigenvalue weighted by atomic mass is 10.3. The van der Waals surface area contributed by atoms with Gasteiger partial charge in [0.15, 0.2) is 5.69 Å². The van der Waals surface area contributed by atoms with Crippen LogP contribution >= 0.6 is 0 Å². The Hall–Kier alpha value is -2.11. The summed E-state index contributed by atoms with van der Waals surface area (Å²) in [5.74, 6) is -1.69. The molecule has 0 aliphatic rings. The fraction of sp³-hybridized carbons (Fsp3) is 0.300. The molecule has 1 aromatic rings. The highest BCUT2D eigenvalue weighted by Gasteiger charge is 2.12. The molecule has 6 heteroatoms. The highest BCUT2D eigenvalue weighted by atomic mass is 16.4. The molecule has 0 spiro atoms. The van der Waals surface area contributed by atoms with Crippen molar-refractivity contribution >= 4 is 24.0 Å². The summed E-state index contributed by atoms with van der Waals surface area (Å²) in [7, 11) is 0. The number of carboxylic acid groups (broad SMARTS) is 1. The Labute approximate surface area is 91.7 Å². The van der Waals surface area contributed by atoms with Crippen LogP contribution in [0.3, 0.4) is 0 Å². The number of nitrogens with zero attached hydrogens (tertiary/aromatic N) is 2. The number of carbonyl (C=O) groups excluding carboxylic acids is 1. The third-order valence-corrected chi connectivity index (χ3v) is 2.11. The van der Waals surface area contributed by atoms with Gasteiger partial charge in [-0.05, 0) is 13.8 Å². The van der Waals surface area contributed by atoms with Gasteiger partial charge in [0.25, 0.3) is 5.91 Å². The number of nitrogens with two attached hydrogens (primary N) is 1. The smallest absolute Gasteiger partial charge is 0.325 e. The molecule has 0 saturated carbocycles. The van der Waals surface area contributed by atoms with Crippen LogP contribution in [0.2, 0.25) is 0 Å². The molecule has 1 aromatic heterocycles.